The van der Waals surface area contributed by atoms with Gasteiger partial charge in [-0.15, -0.1) is 0 Å². The summed E-state index contributed by atoms with van der Waals surface area (Å²) in [6.07, 6.45) is 7.05. The van der Waals surface area contributed by atoms with Crippen molar-refractivity contribution < 1.29 is 14.3 Å². The van der Waals surface area contributed by atoms with Gasteiger partial charge in [-0.3, -0.25) is 4.79 Å². The molecule has 1 aliphatic rings. The largest absolute Gasteiger partial charge is 0.504 e. The van der Waals surface area contributed by atoms with Crippen LogP contribution in [0.4, 0.5) is 0 Å². The molecular formula is C26H28O3. The summed E-state index contributed by atoms with van der Waals surface area (Å²) in [5, 5.41) is 0. The van der Waals surface area contributed by atoms with Crippen LogP contribution in [0.2, 0.25) is 0 Å². The molecule has 3 heteroatoms. The van der Waals surface area contributed by atoms with E-state index in [1.165, 1.54) is 36.3 Å². The summed E-state index contributed by atoms with van der Waals surface area (Å²) in [4.78, 5) is 9.59. The molecule has 0 fully saturated rings. The van der Waals surface area contributed by atoms with Crippen LogP contribution < -0.4 is 0 Å². The molecule has 0 amide bonds. The Labute approximate surface area is 174 Å². The van der Waals surface area contributed by atoms with Gasteiger partial charge >= 0.3 is 5.97 Å². The van der Waals surface area contributed by atoms with E-state index in [2.05, 4.69) is 85.0 Å². The maximum atomic E-state index is 9.59. The highest BCUT2D eigenvalue weighted by molar-refractivity contribution is 5.79. The number of allylic oxidation sites excluding steroid dienone is 2. The lowest BCUT2D eigenvalue weighted by Gasteiger charge is -2.18. The Kier molecular flexibility index (Phi) is 7.86. The van der Waals surface area contributed by atoms with E-state index in [1.807, 2.05) is 12.3 Å². The minimum absolute atomic E-state index is 0.178. The quantitative estimate of drug-likeness (QED) is 0.382. The average Bonchev–Trinajstić information content (AvgIpc) is 2.74. The second-order valence-electron chi connectivity index (χ2n) is 7.22. The minimum atomic E-state index is -0.245. The second-order valence-corrected chi connectivity index (χ2v) is 7.22. The standard InChI is InChI=1S/C23H22O.C3H6O2/c1-23(2,21-10-5-4-6-11-21)15-14-18-12-13-19-8-7-9-20(17-24-3)22(19)16-18;1-3(4)5-2/h4-8,10-13,16-17H,9H2,1-3H3;1-2H3. The number of methoxy groups -OCH3 is 2. The zero-order valence-electron chi connectivity index (χ0n) is 17.8. The van der Waals surface area contributed by atoms with Crippen LogP contribution in [0.1, 0.15) is 49.4 Å². The molecule has 0 saturated heterocycles. The third-order valence-electron chi connectivity index (χ3n) is 4.60. The van der Waals surface area contributed by atoms with E-state index in [1.54, 1.807) is 7.11 Å². The number of rotatable bonds is 2. The number of benzene rings is 2. The van der Waals surface area contributed by atoms with Gasteiger partial charge in [0, 0.05) is 12.5 Å². The fourth-order valence-corrected chi connectivity index (χ4v) is 2.89. The molecule has 0 radical (unpaired) electrons. The summed E-state index contributed by atoms with van der Waals surface area (Å²) in [5.41, 5.74) is 5.72. The first-order valence-electron chi connectivity index (χ1n) is 9.53. The average molecular weight is 389 g/mol. The van der Waals surface area contributed by atoms with Gasteiger partial charge in [0.1, 0.15) is 0 Å². The van der Waals surface area contributed by atoms with Crippen molar-refractivity contribution in [2.24, 2.45) is 0 Å². The summed E-state index contributed by atoms with van der Waals surface area (Å²) in [6.45, 7) is 5.68. The van der Waals surface area contributed by atoms with Gasteiger partial charge in [0.15, 0.2) is 0 Å². The van der Waals surface area contributed by atoms with Gasteiger partial charge in [0.2, 0.25) is 0 Å². The molecule has 0 unspecified atom stereocenters. The van der Waals surface area contributed by atoms with Crippen molar-refractivity contribution in [1.82, 2.24) is 0 Å². The zero-order chi connectivity index (χ0) is 21.3. The van der Waals surface area contributed by atoms with Crippen LogP contribution in [-0.2, 0) is 19.7 Å². The van der Waals surface area contributed by atoms with E-state index < -0.39 is 0 Å². The highest BCUT2D eigenvalue weighted by Crippen LogP contribution is 2.30. The van der Waals surface area contributed by atoms with Gasteiger partial charge in [-0.2, -0.15) is 0 Å². The van der Waals surface area contributed by atoms with Gasteiger partial charge in [-0.1, -0.05) is 60.4 Å². The molecule has 3 rings (SSSR count). The number of carbonyl (C=O) groups excluding carboxylic acids is 1. The summed E-state index contributed by atoms with van der Waals surface area (Å²) in [7, 11) is 3.04. The zero-order valence-corrected chi connectivity index (χ0v) is 17.8. The maximum Gasteiger partial charge on any atom is 0.302 e. The Hall–Kier alpha value is -3.25. The minimum Gasteiger partial charge on any atom is -0.504 e. The number of esters is 1. The molecule has 1 aliphatic carbocycles. The van der Waals surface area contributed by atoms with Crippen molar-refractivity contribution in [3.8, 4) is 11.8 Å². The molecule has 0 heterocycles. The number of fused-ring (bicyclic) bond motifs is 1. The fourth-order valence-electron chi connectivity index (χ4n) is 2.89. The van der Waals surface area contributed by atoms with Crippen molar-refractivity contribution in [3.05, 3.63) is 83.1 Å². The van der Waals surface area contributed by atoms with E-state index in [4.69, 9.17) is 4.74 Å². The van der Waals surface area contributed by atoms with Gasteiger partial charge in [0.25, 0.3) is 0 Å². The summed E-state index contributed by atoms with van der Waals surface area (Å²) >= 11 is 0. The van der Waals surface area contributed by atoms with Crippen molar-refractivity contribution in [2.45, 2.75) is 32.6 Å². The van der Waals surface area contributed by atoms with Crippen LogP contribution in [0.25, 0.3) is 11.6 Å². The predicted molar refractivity (Wildman–Crippen MR) is 119 cm³/mol. The Morgan fingerprint density at radius 2 is 1.79 bits per heavy atom. The van der Waals surface area contributed by atoms with Crippen LogP contribution in [0.3, 0.4) is 0 Å². The van der Waals surface area contributed by atoms with Crippen LogP contribution in [0, 0.1) is 11.8 Å². The third kappa shape index (κ3) is 6.40. The highest BCUT2D eigenvalue weighted by atomic mass is 16.5. The van der Waals surface area contributed by atoms with Crippen LogP contribution in [0.15, 0.2) is 60.9 Å². The van der Waals surface area contributed by atoms with Gasteiger partial charge in [-0.05, 0) is 54.7 Å². The lowest BCUT2D eigenvalue weighted by molar-refractivity contribution is -0.137. The lowest BCUT2D eigenvalue weighted by atomic mass is 9.85. The predicted octanol–water partition coefficient (Wildman–Crippen LogP) is 5.60. The topological polar surface area (TPSA) is 35.5 Å². The van der Waals surface area contributed by atoms with Crippen LogP contribution in [-0.4, -0.2) is 20.2 Å². The molecule has 2 aromatic rings. The summed E-state index contributed by atoms with van der Waals surface area (Å²) < 4.78 is 9.33. The van der Waals surface area contributed by atoms with E-state index in [0.717, 1.165) is 12.0 Å². The van der Waals surface area contributed by atoms with Gasteiger partial charge in [-0.25, -0.2) is 0 Å². The molecule has 2 aromatic carbocycles. The molecule has 0 saturated carbocycles. The first-order valence-corrected chi connectivity index (χ1v) is 9.53. The number of ether oxygens (including phenoxy) is 2. The molecule has 0 atom stereocenters. The molecule has 0 bridgehead atoms. The van der Waals surface area contributed by atoms with Crippen molar-refractivity contribution in [1.29, 1.82) is 0 Å². The summed E-state index contributed by atoms with van der Waals surface area (Å²) in [5.74, 6) is 6.54. The van der Waals surface area contributed by atoms with Crippen molar-refractivity contribution in [3.63, 3.8) is 0 Å². The molecule has 0 N–H and O–H groups in total. The Morgan fingerprint density at radius 1 is 1.10 bits per heavy atom. The second kappa shape index (κ2) is 10.3. The number of hydrogen-bond acceptors (Lipinski definition) is 3. The highest BCUT2D eigenvalue weighted by Gasteiger charge is 2.17. The molecule has 0 aromatic heterocycles. The number of carbonyl (C=O) groups is 1. The Morgan fingerprint density at radius 3 is 2.41 bits per heavy atom. The van der Waals surface area contributed by atoms with Crippen molar-refractivity contribution in [2.75, 3.05) is 14.2 Å². The smallest absolute Gasteiger partial charge is 0.302 e. The van der Waals surface area contributed by atoms with Crippen molar-refractivity contribution >= 4 is 17.6 Å². The van der Waals surface area contributed by atoms with E-state index in [9.17, 15) is 4.79 Å². The molecule has 0 spiro atoms. The van der Waals surface area contributed by atoms with Crippen LogP contribution in [0.5, 0.6) is 0 Å². The molecule has 3 nitrogen and oxygen atoms in total. The molecule has 29 heavy (non-hydrogen) atoms. The molecule has 0 aliphatic heterocycles. The van der Waals surface area contributed by atoms with Crippen LogP contribution >= 0.6 is 0 Å². The molecular weight excluding hydrogens is 360 g/mol. The normalized spacial score (nSPS) is 13.3. The van der Waals surface area contributed by atoms with Gasteiger partial charge < -0.3 is 9.47 Å². The number of hydrogen-bond donors (Lipinski definition) is 0. The maximum absolute atomic E-state index is 9.59. The first-order chi connectivity index (χ1) is 13.9. The first kappa shape index (κ1) is 22.0. The Balaban J connectivity index is 0.000000537. The lowest BCUT2D eigenvalue weighted by Crippen LogP contribution is -2.13. The molecule has 150 valence electrons. The van der Waals surface area contributed by atoms with E-state index in [0.29, 0.717) is 0 Å². The monoisotopic (exact) mass is 388 g/mol. The van der Waals surface area contributed by atoms with Gasteiger partial charge in [0.05, 0.1) is 25.9 Å². The third-order valence-corrected chi connectivity index (χ3v) is 4.60. The fraction of sp³-hybridized carbons (Fsp3) is 0.269. The van der Waals surface area contributed by atoms with E-state index in [-0.39, 0.29) is 11.4 Å². The summed E-state index contributed by atoms with van der Waals surface area (Å²) in [6, 6.07) is 16.8. The SMILES string of the molecule is COC(C)=O.COC=C1CC=Cc2ccc(C#CC(C)(C)c3ccccc3)cc21. The Bertz CT molecular complexity index is 954. The van der Waals surface area contributed by atoms with E-state index >= 15 is 0 Å².